The summed E-state index contributed by atoms with van der Waals surface area (Å²) in [5.41, 5.74) is 12.0. The molecule has 0 unspecified atom stereocenters. The third kappa shape index (κ3) is 2.97. The molecule has 0 fully saturated rings. The van der Waals surface area contributed by atoms with Gasteiger partial charge in [0.05, 0.1) is 46.1 Å². The summed E-state index contributed by atoms with van der Waals surface area (Å²) in [5, 5.41) is 9.37. The molecule has 2 N–H and O–H groups in total. The van der Waals surface area contributed by atoms with Crippen molar-refractivity contribution in [3.63, 3.8) is 0 Å². The molecular weight excluding hydrogens is 380 g/mol. The van der Waals surface area contributed by atoms with Crippen molar-refractivity contribution in [1.82, 2.24) is 14.5 Å². The van der Waals surface area contributed by atoms with Crippen molar-refractivity contribution in [2.24, 2.45) is 0 Å². The molecule has 0 aliphatic carbocycles. The van der Waals surface area contributed by atoms with Gasteiger partial charge in [-0.3, -0.25) is 0 Å². The van der Waals surface area contributed by atoms with E-state index >= 15 is 0 Å². The first kappa shape index (κ1) is 19.2. The fourth-order valence-corrected chi connectivity index (χ4v) is 3.45. The van der Waals surface area contributed by atoms with Crippen molar-refractivity contribution in [2.75, 3.05) is 31.8 Å². The lowest BCUT2D eigenvalue weighted by Crippen LogP contribution is -2.12. The molecule has 0 aliphatic rings. The number of carbonyl (C=O) groups excluding carboxylic acids is 1. The van der Waals surface area contributed by atoms with Gasteiger partial charge in [0.1, 0.15) is 6.07 Å². The molecule has 0 aliphatic heterocycles. The monoisotopic (exact) mass is 400 g/mol. The molecule has 8 nitrogen and oxygen atoms in total. The lowest BCUT2D eigenvalue weighted by atomic mass is 10.1. The van der Waals surface area contributed by atoms with Crippen LogP contribution in [0.25, 0.3) is 27.8 Å². The normalized spacial score (nSPS) is 10.9. The lowest BCUT2D eigenvalue weighted by Gasteiger charge is -2.14. The molecule has 0 saturated carbocycles. The van der Waals surface area contributed by atoms with Crippen molar-refractivity contribution in [1.29, 1.82) is 5.26 Å². The predicted molar refractivity (Wildman–Crippen MR) is 116 cm³/mol. The van der Waals surface area contributed by atoms with E-state index in [0.717, 1.165) is 27.8 Å². The Hall–Kier alpha value is -4.12. The van der Waals surface area contributed by atoms with Gasteiger partial charge in [-0.25, -0.2) is 14.8 Å². The summed E-state index contributed by atoms with van der Waals surface area (Å²) in [6.45, 7) is 1.90. The molecule has 0 saturated heterocycles. The number of carbonyl (C=O) groups is 1. The molecule has 0 radical (unpaired) electrons. The van der Waals surface area contributed by atoms with Crippen molar-refractivity contribution in [3.8, 4) is 11.8 Å². The SMILES string of the molecule is COC(=O)c1c(N)c(C#N)cn1-c1cc2nc3cc(N(C)C)ccc3nc2cc1C. The zero-order valence-corrected chi connectivity index (χ0v) is 17.1. The van der Waals surface area contributed by atoms with E-state index in [0.29, 0.717) is 11.2 Å². The highest BCUT2D eigenvalue weighted by Crippen LogP contribution is 2.29. The second-order valence-electron chi connectivity index (χ2n) is 7.20. The number of nitrogen functional groups attached to an aromatic ring is 1. The van der Waals surface area contributed by atoms with Gasteiger partial charge >= 0.3 is 5.97 Å². The summed E-state index contributed by atoms with van der Waals surface area (Å²) < 4.78 is 6.46. The number of rotatable bonds is 3. The number of anilines is 2. The maximum Gasteiger partial charge on any atom is 0.357 e. The molecule has 0 atom stereocenters. The maximum atomic E-state index is 12.3. The first-order valence-electron chi connectivity index (χ1n) is 9.23. The van der Waals surface area contributed by atoms with Crippen LogP contribution in [0.3, 0.4) is 0 Å². The molecule has 150 valence electrons. The Morgan fingerprint density at radius 3 is 2.47 bits per heavy atom. The van der Waals surface area contributed by atoms with Crippen LogP contribution >= 0.6 is 0 Å². The Bertz CT molecular complexity index is 1360. The van der Waals surface area contributed by atoms with Gasteiger partial charge in [0, 0.05) is 26.0 Å². The third-order valence-corrected chi connectivity index (χ3v) is 5.05. The van der Waals surface area contributed by atoms with Crippen molar-refractivity contribution in [3.05, 3.63) is 53.3 Å². The summed E-state index contributed by atoms with van der Waals surface area (Å²) in [5.74, 6) is -0.617. The first-order valence-corrected chi connectivity index (χ1v) is 9.23. The minimum Gasteiger partial charge on any atom is -0.464 e. The standard InChI is InChI=1S/C22H20N6O2/c1-12-7-16-18(26-17-8-14(27(2)3)5-6-15(17)25-16)9-19(12)28-11-13(10-23)20(24)21(28)22(29)30-4/h5-9,11H,24H2,1-4H3. The zero-order valence-electron chi connectivity index (χ0n) is 17.1. The Labute approximate surface area is 173 Å². The van der Waals surface area contributed by atoms with Gasteiger partial charge in [-0.2, -0.15) is 5.26 Å². The average molecular weight is 400 g/mol. The fraction of sp³-hybridized carbons (Fsp3) is 0.182. The van der Waals surface area contributed by atoms with E-state index in [2.05, 4.69) is 0 Å². The Balaban J connectivity index is 1.98. The second-order valence-corrected chi connectivity index (χ2v) is 7.20. The van der Waals surface area contributed by atoms with Crippen LogP contribution < -0.4 is 10.6 Å². The van der Waals surface area contributed by atoms with Gasteiger partial charge < -0.3 is 19.9 Å². The van der Waals surface area contributed by atoms with Crippen LogP contribution in [0.4, 0.5) is 11.4 Å². The first-order chi connectivity index (χ1) is 14.3. The van der Waals surface area contributed by atoms with Crippen LogP contribution in [0.5, 0.6) is 0 Å². The topological polar surface area (TPSA) is 110 Å². The van der Waals surface area contributed by atoms with Crippen LogP contribution in [-0.4, -0.2) is 41.7 Å². The number of nitriles is 1. The summed E-state index contributed by atoms with van der Waals surface area (Å²) in [6, 6.07) is 11.7. The number of ether oxygens (including phenoxy) is 1. The molecule has 2 aromatic carbocycles. The quantitative estimate of drug-likeness (QED) is 0.415. The van der Waals surface area contributed by atoms with E-state index in [4.69, 9.17) is 20.4 Å². The maximum absolute atomic E-state index is 12.3. The van der Waals surface area contributed by atoms with Gasteiger partial charge in [-0.15, -0.1) is 0 Å². The van der Waals surface area contributed by atoms with Gasteiger partial charge in [0.25, 0.3) is 0 Å². The number of hydrogen-bond donors (Lipinski definition) is 1. The highest BCUT2D eigenvalue weighted by atomic mass is 16.5. The summed E-state index contributed by atoms with van der Waals surface area (Å²) >= 11 is 0. The number of aromatic nitrogens is 3. The average Bonchev–Trinajstić information content (AvgIpc) is 3.06. The Morgan fingerprint density at radius 2 is 1.80 bits per heavy atom. The molecule has 4 rings (SSSR count). The smallest absolute Gasteiger partial charge is 0.357 e. The van der Waals surface area contributed by atoms with E-state index in [9.17, 15) is 10.1 Å². The van der Waals surface area contributed by atoms with Gasteiger partial charge in [0.15, 0.2) is 5.69 Å². The molecule has 8 heteroatoms. The Morgan fingerprint density at radius 1 is 1.13 bits per heavy atom. The molecule has 0 bridgehead atoms. The number of fused-ring (bicyclic) bond motifs is 2. The molecule has 0 amide bonds. The summed E-state index contributed by atoms with van der Waals surface area (Å²) in [6.07, 6.45) is 1.54. The summed E-state index contributed by atoms with van der Waals surface area (Å²) in [7, 11) is 5.21. The van der Waals surface area contributed by atoms with E-state index in [1.165, 1.54) is 13.3 Å². The van der Waals surface area contributed by atoms with E-state index in [-0.39, 0.29) is 16.9 Å². The molecular formula is C22H20N6O2. The number of hydrogen-bond acceptors (Lipinski definition) is 7. The van der Waals surface area contributed by atoms with Crippen LogP contribution in [0, 0.1) is 18.3 Å². The van der Waals surface area contributed by atoms with Crippen molar-refractivity contribution in [2.45, 2.75) is 6.92 Å². The number of methoxy groups -OCH3 is 1. The lowest BCUT2D eigenvalue weighted by molar-refractivity contribution is 0.0593. The van der Waals surface area contributed by atoms with E-state index < -0.39 is 5.97 Å². The minimum absolute atomic E-state index is 0.0871. The fourth-order valence-electron chi connectivity index (χ4n) is 3.45. The number of esters is 1. The van der Waals surface area contributed by atoms with Crippen molar-refractivity contribution >= 4 is 39.4 Å². The van der Waals surface area contributed by atoms with E-state index in [1.54, 1.807) is 4.57 Å². The van der Waals surface area contributed by atoms with Crippen LogP contribution in [0.2, 0.25) is 0 Å². The predicted octanol–water partition coefficient (Wildman–Crippen LogP) is 3.19. The number of benzene rings is 2. The van der Waals surface area contributed by atoms with Crippen LogP contribution in [0.15, 0.2) is 36.5 Å². The largest absolute Gasteiger partial charge is 0.464 e. The number of nitrogens with two attached hydrogens (primary N) is 1. The minimum atomic E-state index is -0.617. The molecule has 2 heterocycles. The molecule has 2 aromatic heterocycles. The molecule has 4 aromatic rings. The van der Waals surface area contributed by atoms with Crippen LogP contribution in [0.1, 0.15) is 21.6 Å². The summed E-state index contributed by atoms with van der Waals surface area (Å²) in [4.78, 5) is 23.8. The van der Waals surface area contributed by atoms with Gasteiger partial charge in [0.2, 0.25) is 0 Å². The van der Waals surface area contributed by atoms with Crippen LogP contribution in [-0.2, 0) is 4.74 Å². The second kappa shape index (κ2) is 7.04. The highest BCUT2D eigenvalue weighted by molar-refractivity contribution is 5.96. The van der Waals surface area contributed by atoms with Gasteiger partial charge in [-0.05, 0) is 42.8 Å². The van der Waals surface area contributed by atoms with Crippen molar-refractivity contribution < 1.29 is 9.53 Å². The zero-order chi connectivity index (χ0) is 21.6. The molecule has 0 spiro atoms. The molecule has 30 heavy (non-hydrogen) atoms. The highest BCUT2D eigenvalue weighted by Gasteiger charge is 2.23. The number of aryl methyl sites for hydroxylation is 1. The number of nitrogens with zero attached hydrogens (tertiary/aromatic N) is 5. The van der Waals surface area contributed by atoms with E-state index in [1.807, 2.05) is 62.3 Å². The Kier molecular flexibility index (Phi) is 4.51. The third-order valence-electron chi connectivity index (χ3n) is 5.05. The van der Waals surface area contributed by atoms with Gasteiger partial charge in [-0.1, -0.05) is 0 Å².